The zero-order valence-corrected chi connectivity index (χ0v) is 12.3. The van der Waals surface area contributed by atoms with Gasteiger partial charge in [-0.3, -0.25) is 4.79 Å². The zero-order chi connectivity index (χ0) is 15.2. The molecule has 5 heteroatoms. The van der Waals surface area contributed by atoms with E-state index in [-0.39, 0.29) is 0 Å². The summed E-state index contributed by atoms with van der Waals surface area (Å²) in [6.45, 7) is -0.566. The second-order valence-corrected chi connectivity index (χ2v) is 5.60. The third-order valence-electron chi connectivity index (χ3n) is 2.85. The van der Waals surface area contributed by atoms with Gasteiger partial charge in [0, 0.05) is 16.8 Å². The maximum atomic E-state index is 12.4. The van der Waals surface area contributed by atoms with E-state index in [0.717, 1.165) is 14.7 Å². The molecular weight excluding hydrogens is 292 g/mol. The van der Waals surface area contributed by atoms with Crippen LogP contribution < -0.4 is 0 Å². The van der Waals surface area contributed by atoms with E-state index in [0.29, 0.717) is 5.56 Å². The largest absolute Gasteiger partial charge is 0.336 e. The molecule has 110 valence electrons. The van der Waals surface area contributed by atoms with E-state index >= 15 is 0 Å². The van der Waals surface area contributed by atoms with Gasteiger partial charge in [-0.15, -0.1) is 0 Å². The molecule has 0 saturated carbocycles. The number of carbonyl (C=O) groups excluding carboxylic acids is 1. The molecule has 0 atom stereocenters. The van der Waals surface area contributed by atoms with Gasteiger partial charge in [0.15, 0.2) is 0 Å². The molecule has 0 aliphatic rings. The summed E-state index contributed by atoms with van der Waals surface area (Å²) in [7, 11) is 1.39. The van der Waals surface area contributed by atoms with Crippen LogP contribution in [-0.4, -0.2) is 30.8 Å². The standard InChI is InChI=1S/C16H15F2NOS/c1-19(11-15(17)18)16(20)13-9-5-6-10-14(13)21-12-7-3-2-4-8-12/h2-10,15H,11H2,1H3. The topological polar surface area (TPSA) is 20.3 Å². The highest BCUT2D eigenvalue weighted by Crippen LogP contribution is 2.30. The van der Waals surface area contributed by atoms with Gasteiger partial charge in [-0.1, -0.05) is 42.1 Å². The Kier molecular flexibility index (Phi) is 5.33. The van der Waals surface area contributed by atoms with Crippen molar-refractivity contribution >= 4 is 17.7 Å². The van der Waals surface area contributed by atoms with Crippen molar-refractivity contribution in [2.75, 3.05) is 13.6 Å². The molecule has 0 saturated heterocycles. The molecule has 2 rings (SSSR count). The average molecular weight is 307 g/mol. The lowest BCUT2D eigenvalue weighted by Crippen LogP contribution is -2.31. The molecule has 2 aromatic carbocycles. The van der Waals surface area contributed by atoms with Gasteiger partial charge in [-0.2, -0.15) is 0 Å². The first-order chi connectivity index (χ1) is 10.1. The first-order valence-electron chi connectivity index (χ1n) is 6.43. The molecule has 0 bridgehead atoms. The fourth-order valence-corrected chi connectivity index (χ4v) is 2.80. The summed E-state index contributed by atoms with van der Waals surface area (Å²) in [5, 5.41) is 0. The van der Waals surface area contributed by atoms with Crippen LogP contribution in [0, 0.1) is 0 Å². The molecule has 0 unspecified atom stereocenters. The molecule has 0 aliphatic carbocycles. The lowest BCUT2D eigenvalue weighted by Gasteiger charge is -2.18. The Morgan fingerprint density at radius 2 is 1.71 bits per heavy atom. The van der Waals surface area contributed by atoms with Gasteiger partial charge in [-0.25, -0.2) is 8.78 Å². The van der Waals surface area contributed by atoms with E-state index in [1.165, 1.54) is 18.8 Å². The maximum absolute atomic E-state index is 12.4. The molecule has 0 heterocycles. The molecule has 0 aliphatic heterocycles. The Balaban J connectivity index is 2.22. The normalized spacial score (nSPS) is 10.7. The van der Waals surface area contributed by atoms with E-state index in [9.17, 15) is 13.6 Å². The van der Waals surface area contributed by atoms with Gasteiger partial charge in [0.05, 0.1) is 12.1 Å². The molecule has 0 aromatic heterocycles. The van der Waals surface area contributed by atoms with Crippen molar-refractivity contribution in [2.24, 2.45) is 0 Å². The van der Waals surface area contributed by atoms with Crippen LogP contribution in [0.2, 0.25) is 0 Å². The fourth-order valence-electron chi connectivity index (χ4n) is 1.84. The number of halogens is 2. The van der Waals surface area contributed by atoms with Gasteiger partial charge >= 0.3 is 0 Å². The number of carbonyl (C=O) groups is 1. The van der Waals surface area contributed by atoms with Gasteiger partial charge in [0.2, 0.25) is 0 Å². The van der Waals surface area contributed by atoms with Crippen molar-refractivity contribution in [3.63, 3.8) is 0 Å². The smallest absolute Gasteiger partial charge is 0.255 e. The Morgan fingerprint density at radius 1 is 1.10 bits per heavy atom. The van der Waals surface area contributed by atoms with Crippen LogP contribution >= 0.6 is 11.8 Å². The van der Waals surface area contributed by atoms with Gasteiger partial charge in [0.1, 0.15) is 0 Å². The van der Waals surface area contributed by atoms with Gasteiger partial charge < -0.3 is 4.90 Å². The summed E-state index contributed by atoms with van der Waals surface area (Å²) in [4.78, 5) is 15.1. The van der Waals surface area contributed by atoms with Crippen molar-refractivity contribution < 1.29 is 13.6 Å². The molecule has 0 radical (unpaired) electrons. The van der Waals surface area contributed by atoms with Crippen molar-refractivity contribution in [3.8, 4) is 0 Å². The van der Waals surface area contributed by atoms with E-state index in [2.05, 4.69) is 0 Å². The van der Waals surface area contributed by atoms with Gasteiger partial charge in [-0.05, 0) is 24.3 Å². The number of nitrogens with zero attached hydrogens (tertiary/aromatic N) is 1. The van der Waals surface area contributed by atoms with Crippen molar-refractivity contribution in [1.82, 2.24) is 4.90 Å². The number of hydrogen-bond donors (Lipinski definition) is 0. The number of rotatable bonds is 5. The van der Waals surface area contributed by atoms with Crippen LogP contribution in [0.25, 0.3) is 0 Å². The van der Waals surface area contributed by atoms with Crippen molar-refractivity contribution in [2.45, 2.75) is 16.2 Å². The van der Waals surface area contributed by atoms with E-state index in [1.807, 2.05) is 42.5 Å². The molecular formula is C16H15F2NOS. The lowest BCUT2D eigenvalue weighted by atomic mass is 10.2. The Morgan fingerprint density at radius 3 is 2.38 bits per heavy atom. The maximum Gasteiger partial charge on any atom is 0.255 e. The predicted octanol–water partition coefficient (Wildman–Crippen LogP) is 4.17. The minimum absolute atomic E-state index is 0.394. The molecule has 0 N–H and O–H groups in total. The highest BCUT2D eigenvalue weighted by molar-refractivity contribution is 7.99. The fraction of sp³-hybridized carbons (Fsp3) is 0.188. The Hall–Kier alpha value is -1.88. The highest BCUT2D eigenvalue weighted by atomic mass is 32.2. The summed E-state index contributed by atoms with van der Waals surface area (Å²) in [6.07, 6.45) is -2.53. The zero-order valence-electron chi connectivity index (χ0n) is 11.5. The van der Waals surface area contributed by atoms with Crippen LogP contribution in [0.15, 0.2) is 64.4 Å². The number of benzene rings is 2. The number of amides is 1. The summed E-state index contributed by atoms with van der Waals surface area (Å²) >= 11 is 1.44. The molecule has 2 nitrogen and oxygen atoms in total. The predicted molar refractivity (Wildman–Crippen MR) is 80.0 cm³/mol. The molecule has 21 heavy (non-hydrogen) atoms. The average Bonchev–Trinajstić information content (AvgIpc) is 2.47. The number of hydrogen-bond acceptors (Lipinski definition) is 2. The summed E-state index contributed by atoms with van der Waals surface area (Å²) < 4.78 is 24.8. The summed E-state index contributed by atoms with van der Waals surface area (Å²) in [6, 6.07) is 16.7. The summed E-state index contributed by atoms with van der Waals surface area (Å²) in [5.41, 5.74) is 0.439. The van der Waals surface area contributed by atoms with Crippen LogP contribution in [0.5, 0.6) is 0 Å². The monoisotopic (exact) mass is 307 g/mol. The lowest BCUT2D eigenvalue weighted by molar-refractivity contribution is 0.0617. The van der Waals surface area contributed by atoms with Gasteiger partial charge in [0.25, 0.3) is 12.3 Å². The van der Waals surface area contributed by atoms with E-state index in [4.69, 9.17) is 0 Å². The van der Waals surface area contributed by atoms with E-state index in [1.54, 1.807) is 12.1 Å². The minimum Gasteiger partial charge on any atom is -0.336 e. The van der Waals surface area contributed by atoms with Crippen LogP contribution in [0.1, 0.15) is 10.4 Å². The SMILES string of the molecule is CN(CC(F)F)C(=O)c1ccccc1Sc1ccccc1. The summed E-state index contributed by atoms with van der Waals surface area (Å²) in [5.74, 6) is -0.394. The Bertz CT molecular complexity index is 604. The molecule has 1 amide bonds. The second kappa shape index (κ2) is 7.22. The minimum atomic E-state index is -2.53. The highest BCUT2D eigenvalue weighted by Gasteiger charge is 2.18. The molecule has 0 spiro atoms. The third kappa shape index (κ3) is 4.29. The Labute approximate surface area is 126 Å². The van der Waals surface area contributed by atoms with Crippen LogP contribution in [-0.2, 0) is 0 Å². The van der Waals surface area contributed by atoms with Crippen molar-refractivity contribution in [1.29, 1.82) is 0 Å². The van der Waals surface area contributed by atoms with Crippen molar-refractivity contribution in [3.05, 3.63) is 60.2 Å². The first-order valence-corrected chi connectivity index (χ1v) is 7.25. The quantitative estimate of drug-likeness (QED) is 0.826. The van der Waals surface area contributed by atoms with Crippen LogP contribution in [0.3, 0.4) is 0 Å². The first kappa shape index (κ1) is 15.5. The van der Waals surface area contributed by atoms with E-state index < -0.39 is 18.9 Å². The third-order valence-corrected chi connectivity index (χ3v) is 3.93. The molecule has 0 fully saturated rings. The molecule has 2 aromatic rings. The van der Waals surface area contributed by atoms with Crippen LogP contribution in [0.4, 0.5) is 8.78 Å². The number of alkyl halides is 2. The second-order valence-electron chi connectivity index (χ2n) is 4.49.